The van der Waals surface area contributed by atoms with Crippen molar-refractivity contribution in [2.45, 2.75) is 64.6 Å². The molecule has 4 saturated carbocycles. The molecule has 4 bridgehead atoms. The second-order valence-corrected chi connectivity index (χ2v) is 11.4. The molecular formula is C28H32ClFN4. The van der Waals surface area contributed by atoms with Gasteiger partial charge in [0.2, 0.25) is 0 Å². The van der Waals surface area contributed by atoms with Gasteiger partial charge in [-0.15, -0.1) is 0 Å². The van der Waals surface area contributed by atoms with Gasteiger partial charge < -0.3 is 5.32 Å². The van der Waals surface area contributed by atoms with Crippen molar-refractivity contribution in [1.82, 2.24) is 20.3 Å². The Labute approximate surface area is 205 Å². The van der Waals surface area contributed by atoms with E-state index in [1.807, 2.05) is 18.2 Å². The molecule has 178 valence electrons. The van der Waals surface area contributed by atoms with Crippen LogP contribution < -0.4 is 5.32 Å². The van der Waals surface area contributed by atoms with Crippen LogP contribution in [0.5, 0.6) is 0 Å². The van der Waals surface area contributed by atoms with E-state index < -0.39 is 0 Å². The van der Waals surface area contributed by atoms with E-state index in [2.05, 4.69) is 24.4 Å². The molecule has 0 spiro atoms. The Kier molecular flexibility index (Phi) is 5.73. The molecule has 3 aromatic rings. The zero-order valence-corrected chi connectivity index (χ0v) is 20.4. The highest BCUT2D eigenvalue weighted by atomic mass is 35.5. The van der Waals surface area contributed by atoms with Crippen LogP contribution in [0.15, 0.2) is 48.5 Å². The third kappa shape index (κ3) is 4.07. The maximum Gasteiger partial charge on any atom is 0.129 e. The van der Waals surface area contributed by atoms with Crippen LogP contribution in [0, 0.1) is 29.0 Å². The van der Waals surface area contributed by atoms with Gasteiger partial charge in [-0.2, -0.15) is 15.0 Å². The molecule has 1 N–H and O–H groups in total. The monoisotopic (exact) mass is 478 g/mol. The quantitative estimate of drug-likeness (QED) is 0.422. The number of rotatable bonds is 7. The zero-order chi connectivity index (χ0) is 23.3. The Morgan fingerprint density at radius 2 is 1.68 bits per heavy atom. The summed E-state index contributed by atoms with van der Waals surface area (Å²) < 4.78 is 14.4. The second kappa shape index (κ2) is 8.76. The van der Waals surface area contributed by atoms with Gasteiger partial charge >= 0.3 is 0 Å². The minimum absolute atomic E-state index is 0.204. The maximum absolute atomic E-state index is 14.4. The third-order valence-corrected chi connectivity index (χ3v) is 9.07. The van der Waals surface area contributed by atoms with Gasteiger partial charge in [-0.25, -0.2) is 4.39 Å². The van der Waals surface area contributed by atoms with Gasteiger partial charge in [0.15, 0.2) is 0 Å². The molecule has 4 nitrogen and oxygen atoms in total. The van der Waals surface area contributed by atoms with Crippen molar-refractivity contribution in [2.24, 2.45) is 23.2 Å². The van der Waals surface area contributed by atoms with Gasteiger partial charge in [-0.3, -0.25) is 0 Å². The molecule has 0 radical (unpaired) electrons. The van der Waals surface area contributed by atoms with Crippen molar-refractivity contribution in [3.63, 3.8) is 0 Å². The lowest BCUT2D eigenvalue weighted by Gasteiger charge is -2.59. The van der Waals surface area contributed by atoms with E-state index in [0.717, 1.165) is 34.7 Å². The minimum Gasteiger partial charge on any atom is -0.308 e. The number of aromatic nitrogens is 3. The normalized spacial score (nSPS) is 28.4. The molecule has 0 amide bonds. The van der Waals surface area contributed by atoms with Crippen molar-refractivity contribution in [3.8, 4) is 11.3 Å². The van der Waals surface area contributed by atoms with E-state index in [-0.39, 0.29) is 12.4 Å². The lowest BCUT2D eigenvalue weighted by molar-refractivity contribution is -0.0707. The topological polar surface area (TPSA) is 42.7 Å². The molecule has 4 aliphatic carbocycles. The fraction of sp³-hybridized carbons (Fsp3) is 0.500. The van der Waals surface area contributed by atoms with Crippen LogP contribution in [0.25, 0.3) is 11.3 Å². The molecule has 0 saturated heterocycles. The van der Waals surface area contributed by atoms with Crippen molar-refractivity contribution in [2.75, 3.05) is 0 Å². The average Bonchev–Trinajstić information content (AvgIpc) is 3.22. The van der Waals surface area contributed by atoms with Gasteiger partial charge in [0, 0.05) is 28.7 Å². The summed E-state index contributed by atoms with van der Waals surface area (Å²) in [7, 11) is 0. The van der Waals surface area contributed by atoms with Gasteiger partial charge in [-0.1, -0.05) is 48.0 Å². The summed E-state index contributed by atoms with van der Waals surface area (Å²) in [6.07, 6.45) is 8.48. The summed E-state index contributed by atoms with van der Waals surface area (Å²) >= 11 is 6.27. The van der Waals surface area contributed by atoms with Gasteiger partial charge in [-0.05, 0) is 80.8 Å². The number of halogens is 2. The second-order valence-electron chi connectivity index (χ2n) is 11.0. The van der Waals surface area contributed by atoms with E-state index in [1.165, 1.54) is 44.6 Å². The van der Waals surface area contributed by atoms with E-state index in [1.54, 1.807) is 16.9 Å². The highest BCUT2D eigenvalue weighted by Crippen LogP contribution is 2.61. The Balaban J connectivity index is 1.25. The summed E-state index contributed by atoms with van der Waals surface area (Å²) in [6, 6.07) is 15.3. The van der Waals surface area contributed by atoms with Crippen LogP contribution in [0.3, 0.4) is 0 Å². The first-order chi connectivity index (χ1) is 16.5. The Bertz CT molecular complexity index is 1120. The minimum atomic E-state index is -0.332. The van der Waals surface area contributed by atoms with E-state index in [9.17, 15) is 4.39 Å². The van der Waals surface area contributed by atoms with Gasteiger partial charge in [0.1, 0.15) is 17.2 Å². The maximum atomic E-state index is 14.4. The summed E-state index contributed by atoms with van der Waals surface area (Å²) in [5, 5.41) is 13.8. The lowest BCUT2D eigenvalue weighted by atomic mass is 9.48. The van der Waals surface area contributed by atoms with Crippen molar-refractivity contribution in [1.29, 1.82) is 0 Å². The lowest BCUT2D eigenvalue weighted by Crippen LogP contribution is -2.54. The number of hydrogen-bond acceptors (Lipinski definition) is 3. The fourth-order valence-corrected chi connectivity index (χ4v) is 7.61. The SMILES string of the molecule is C[C@H](NCc1nn(Cc2c(F)cccc2Cl)nc1-c1ccccc1)C12CC3CC(CC(C3)C1)C2. The number of benzene rings is 2. The first-order valence-electron chi connectivity index (χ1n) is 12.6. The Morgan fingerprint density at radius 3 is 2.32 bits per heavy atom. The van der Waals surface area contributed by atoms with E-state index in [0.29, 0.717) is 28.6 Å². The molecule has 1 heterocycles. The molecular weight excluding hydrogens is 447 g/mol. The van der Waals surface area contributed by atoms with Crippen LogP contribution in [0.4, 0.5) is 4.39 Å². The third-order valence-electron chi connectivity index (χ3n) is 8.71. The molecule has 0 unspecified atom stereocenters. The number of nitrogens with one attached hydrogen (secondary N) is 1. The van der Waals surface area contributed by atoms with Crippen LogP contribution in [0.2, 0.25) is 5.02 Å². The summed E-state index contributed by atoms with van der Waals surface area (Å²) in [5.41, 5.74) is 3.61. The molecule has 34 heavy (non-hydrogen) atoms. The van der Waals surface area contributed by atoms with Crippen molar-refractivity contribution < 1.29 is 4.39 Å². The predicted octanol–water partition coefficient (Wildman–Crippen LogP) is 6.48. The van der Waals surface area contributed by atoms with Crippen molar-refractivity contribution in [3.05, 3.63) is 70.6 Å². The first-order valence-corrected chi connectivity index (χ1v) is 13.0. The highest BCUT2D eigenvalue weighted by molar-refractivity contribution is 6.31. The molecule has 1 atom stereocenters. The number of nitrogens with zero attached hydrogens (tertiary/aromatic N) is 3. The van der Waals surface area contributed by atoms with E-state index in [4.69, 9.17) is 21.8 Å². The summed E-state index contributed by atoms with van der Waals surface area (Å²) in [6.45, 7) is 3.23. The average molecular weight is 479 g/mol. The largest absolute Gasteiger partial charge is 0.308 e. The zero-order valence-electron chi connectivity index (χ0n) is 19.7. The molecule has 2 aromatic carbocycles. The first kappa shape index (κ1) is 22.2. The predicted molar refractivity (Wildman–Crippen MR) is 133 cm³/mol. The van der Waals surface area contributed by atoms with Crippen LogP contribution in [-0.4, -0.2) is 21.0 Å². The van der Waals surface area contributed by atoms with Gasteiger partial charge in [0.05, 0.1) is 6.54 Å². The Morgan fingerprint density at radius 1 is 1.00 bits per heavy atom. The standard InChI is InChI=1S/C28H32ClFN4/c1-18(28-13-19-10-20(14-28)12-21(11-19)15-28)31-16-26-27(22-6-3-2-4-7-22)33-34(32-26)17-23-24(29)8-5-9-25(23)30/h2-9,18-21,31H,10-17H2,1H3/t18-,19?,20?,21?,28?/m0/s1. The summed E-state index contributed by atoms with van der Waals surface area (Å²) in [5.74, 6) is 2.46. The molecule has 7 rings (SSSR count). The van der Waals surface area contributed by atoms with Crippen LogP contribution in [0.1, 0.15) is 56.7 Å². The molecule has 0 aliphatic heterocycles. The van der Waals surface area contributed by atoms with Crippen LogP contribution >= 0.6 is 11.6 Å². The van der Waals surface area contributed by atoms with Crippen LogP contribution in [-0.2, 0) is 13.1 Å². The molecule has 6 heteroatoms. The Hall–Kier alpha value is -2.24. The van der Waals surface area contributed by atoms with E-state index >= 15 is 0 Å². The molecule has 4 fully saturated rings. The molecule has 1 aromatic heterocycles. The van der Waals surface area contributed by atoms with Gasteiger partial charge in [0.25, 0.3) is 0 Å². The smallest absolute Gasteiger partial charge is 0.129 e. The summed E-state index contributed by atoms with van der Waals surface area (Å²) in [4.78, 5) is 1.58. The highest BCUT2D eigenvalue weighted by Gasteiger charge is 2.52. The van der Waals surface area contributed by atoms with Crippen molar-refractivity contribution >= 4 is 11.6 Å². The number of hydrogen-bond donors (Lipinski definition) is 1. The fourth-order valence-electron chi connectivity index (χ4n) is 7.39. The molecule has 4 aliphatic rings.